The maximum absolute atomic E-state index is 12.1. The van der Waals surface area contributed by atoms with Crippen molar-refractivity contribution in [1.82, 2.24) is 0 Å². The van der Waals surface area contributed by atoms with Crippen molar-refractivity contribution in [2.75, 3.05) is 17.2 Å². The molecule has 0 radical (unpaired) electrons. The molecule has 0 fully saturated rings. The highest BCUT2D eigenvalue weighted by Gasteiger charge is 2.12. The summed E-state index contributed by atoms with van der Waals surface area (Å²) in [6.07, 6.45) is 0.996. The normalized spacial score (nSPS) is 12.1. The Morgan fingerprint density at radius 3 is 2.85 bits per heavy atom. The first-order chi connectivity index (χ1) is 9.22. The standard InChI is InChI=1S/C15H13ClN2O.ClH/c16-12-3-1-2-11(8-12)15(19)18-13-4-5-14-10(9-13)6-7-17-14;/h1-5,8-9,17H,6-7H2,(H,18,19);1H. The Kier molecular flexibility index (Phi) is 4.53. The highest BCUT2D eigenvalue weighted by molar-refractivity contribution is 6.31. The highest BCUT2D eigenvalue weighted by atomic mass is 35.5. The van der Waals surface area contributed by atoms with E-state index in [1.54, 1.807) is 24.3 Å². The van der Waals surface area contributed by atoms with Crippen molar-refractivity contribution in [2.45, 2.75) is 6.42 Å². The number of anilines is 2. The molecule has 5 heteroatoms. The number of amides is 1. The van der Waals surface area contributed by atoms with E-state index in [-0.39, 0.29) is 18.3 Å². The van der Waals surface area contributed by atoms with E-state index in [2.05, 4.69) is 10.6 Å². The monoisotopic (exact) mass is 308 g/mol. The van der Waals surface area contributed by atoms with Crippen LogP contribution in [0, 0.1) is 0 Å². The molecule has 0 saturated carbocycles. The molecule has 0 saturated heterocycles. The van der Waals surface area contributed by atoms with E-state index in [4.69, 9.17) is 11.6 Å². The number of fused-ring (bicyclic) bond motifs is 1. The van der Waals surface area contributed by atoms with Gasteiger partial charge in [-0.25, -0.2) is 0 Å². The van der Waals surface area contributed by atoms with Crippen molar-refractivity contribution in [2.24, 2.45) is 0 Å². The topological polar surface area (TPSA) is 41.1 Å². The largest absolute Gasteiger partial charge is 0.384 e. The fourth-order valence-corrected chi connectivity index (χ4v) is 2.41. The van der Waals surface area contributed by atoms with Crippen LogP contribution < -0.4 is 10.6 Å². The first-order valence-corrected chi connectivity index (χ1v) is 6.54. The van der Waals surface area contributed by atoms with Crippen LogP contribution in [0.25, 0.3) is 0 Å². The van der Waals surface area contributed by atoms with E-state index < -0.39 is 0 Å². The van der Waals surface area contributed by atoms with Crippen LogP contribution in [0.3, 0.4) is 0 Å². The average Bonchev–Trinajstić information content (AvgIpc) is 2.86. The summed E-state index contributed by atoms with van der Waals surface area (Å²) in [6.45, 7) is 0.959. The molecule has 1 aliphatic rings. The molecule has 1 amide bonds. The third-order valence-electron chi connectivity index (χ3n) is 3.16. The molecule has 3 nitrogen and oxygen atoms in total. The number of carbonyl (C=O) groups is 1. The van der Waals surface area contributed by atoms with Gasteiger partial charge in [-0.05, 0) is 48.4 Å². The average molecular weight is 309 g/mol. The van der Waals surface area contributed by atoms with Gasteiger partial charge in [-0.15, -0.1) is 12.4 Å². The lowest BCUT2D eigenvalue weighted by Crippen LogP contribution is -2.11. The van der Waals surface area contributed by atoms with E-state index in [0.29, 0.717) is 10.6 Å². The number of halogens is 2. The van der Waals surface area contributed by atoms with Crippen LogP contribution in [-0.2, 0) is 6.42 Å². The van der Waals surface area contributed by atoms with E-state index in [1.807, 2.05) is 18.2 Å². The summed E-state index contributed by atoms with van der Waals surface area (Å²) < 4.78 is 0. The van der Waals surface area contributed by atoms with E-state index in [0.717, 1.165) is 24.3 Å². The molecular formula is C15H14Cl2N2O. The van der Waals surface area contributed by atoms with Gasteiger partial charge in [-0.1, -0.05) is 17.7 Å². The molecule has 2 aromatic rings. The molecular weight excluding hydrogens is 295 g/mol. The Hall–Kier alpha value is -1.71. The zero-order chi connectivity index (χ0) is 13.2. The second kappa shape index (κ2) is 6.16. The molecule has 0 atom stereocenters. The Bertz CT molecular complexity index is 644. The van der Waals surface area contributed by atoms with Gasteiger partial charge in [-0.3, -0.25) is 4.79 Å². The fourth-order valence-electron chi connectivity index (χ4n) is 2.22. The van der Waals surface area contributed by atoms with Gasteiger partial charge in [0.15, 0.2) is 0 Å². The van der Waals surface area contributed by atoms with Crippen molar-refractivity contribution >= 4 is 41.3 Å². The number of carbonyl (C=O) groups excluding carboxylic acids is 1. The molecule has 2 aromatic carbocycles. The molecule has 20 heavy (non-hydrogen) atoms. The first-order valence-electron chi connectivity index (χ1n) is 6.16. The Morgan fingerprint density at radius 1 is 1.20 bits per heavy atom. The van der Waals surface area contributed by atoms with E-state index in [1.165, 1.54) is 5.56 Å². The minimum absolute atomic E-state index is 0. The van der Waals surface area contributed by atoms with Crippen LogP contribution in [0.5, 0.6) is 0 Å². The van der Waals surface area contributed by atoms with Crippen LogP contribution in [0.4, 0.5) is 11.4 Å². The smallest absolute Gasteiger partial charge is 0.255 e. The second-order valence-electron chi connectivity index (χ2n) is 4.51. The van der Waals surface area contributed by atoms with Gasteiger partial charge in [0, 0.05) is 28.5 Å². The van der Waals surface area contributed by atoms with Crippen LogP contribution in [-0.4, -0.2) is 12.5 Å². The summed E-state index contributed by atoms with van der Waals surface area (Å²) in [7, 11) is 0. The molecule has 0 bridgehead atoms. The van der Waals surface area contributed by atoms with Gasteiger partial charge in [0.05, 0.1) is 0 Å². The third kappa shape index (κ3) is 3.06. The van der Waals surface area contributed by atoms with Gasteiger partial charge < -0.3 is 10.6 Å². The maximum atomic E-state index is 12.1. The third-order valence-corrected chi connectivity index (χ3v) is 3.39. The molecule has 0 unspecified atom stereocenters. The van der Waals surface area contributed by atoms with Crippen LogP contribution >= 0.6 is 24.0 Å². The molecule has 1 aliphatic heterocycles. The van der Waals surface area contributed by atoms with Gasteiger partial charge in [0.2, 0.25) is 0 Å². The SMILES string of the molecule is Cl.O=C(Nc1ccc2c(c1)CCN2)c1cccc(Cl)c1. The maximum Gasteiger partial charge on any atom is 0.255 e. The number of hydrogen-bond donors (Lipinski definition) is 2. The summed E-state index contributed by atoms with van der Waals surface area (Å²) in [5.74, 6) is -0.145. The predicted molar refractivity (Wildman–Crippen MR) is 85.3 cm³/mol. The lowest BCUT2D eigenvalue weighted by molar-refractivity contribution is 0.102. The van der Waals surface area contributed by atoms with Crippen molar-refractivity contribution in [3.05, 3.63) is 58.6 Å². The van der Waals surface area contributed by atoms with Crippen LogP contribution in [0.2, 0.25) is 5.02 Å². The van der Waals surface area contributed by atoms with E-state index >= 15 is 0 Å². The molecule has 0 spiro atoms. The van der Waals surface area contributed by atoms with E-state index in [9.17, 15) is 4.79 Å². The van der Waals surface area contributed by atoms with Crippen molar-refractivity contribution < 1.29 is 4.79 Å². The predicted octanol–water partition coefficient (Wildman–Crippen LogP) is 3.98. The van der Waals surface area contributed by atoms with Gasteiger partial charge in [0.25, 0.3) is 5.91 Å². The van der Waals surface area contributed by atoms with Crippen LogP contribution in [0.15, 0.2) is 42.5 Å². The number of hydrogen-bond acceptors (Lipinski definition) is 2. The van der Waals surface area contributed by atoms with Crippen molar-refractivity contribution in [3.63, 3.8) is 0 Å². The Morgan fingerprint density at radius 2 is 2.05 bits per heavy atom. The quantitative estimate of drug-likeness (QED) is 0.881. The van der Waals surface area contributed by atoms with Crippen LogP contribution in [0.1, 0.15) is 15.9 Å². The summed E-state index contributed by atoms with van der Waals surface area (Å²) >= 11 is 5.88. The molecule has 0 aromatic heterocycles. The number of nitrogens with one attached hydrogen (secondary N) is 2. The molecule has 104 valence electrons. The van der Waals surface area contributed by atoms with Gasteiger partial charge in [-0.2, -0.15) is 0 Å². The number of rotatable bonds is 2. The summed E-state index contributed by atoms with van der Waals surface area (Å²) in [4.78, 5) is 12.1. The number of benzene rings is 2. The lowest BCUT2D eigenvalue weighted by Gasteiger charge is -2.07. The van der Waals surface area contributed by atoms with Gasteiger partial charge in [0.1, 0.15) is 0 Å². The van der Waals surface area contributed by atoms with Crippen molar-refractivity contribution in [1.29, 1.82) is 0 Å². The summed E-state index contributed by atoms with van der Waals surface area (Å²) in [5, 5.41) is 6.74. The fraction of sp³-hybridized carbons (Fsp3) is 0.133. The van der Waals surface area contributed by atoms with Crippen molar-refractivity contribution in [3.8, 4) is 0 Å². The minimum Gasteiger partial charge on any atom is -0.384 e. The second-order valence-corrected chi connectivity index (χ2v) is 4.95. The Balaban J connectivity index is 0.00000147. The Labute approximate surface area is 128 Å². The zero-order valence-corrected chi connectivity index (χ0v) is 12.2. The zero-order valence-electron chi connectivity index (χ0n) is 10.7. The highest BCUT2D eigenvalue weighted by Crippen LogP contribution is 2.25. The molecule has 0 aliphatic carbocycles. The lowest BCUT2D eigenvalue weighted by atomic mass is 10.1. The minimum atomic E-state index is -0.145. The molecule has 1 heterocycles. The summed E-state index contributed by atoms with van der Waals surface area (Å²) in [5.41, 5.74) is 3.77. The molecule has 2 N–H and O–H groups in total. The molecule has 3 rings (SSSR count). The summed E-state index contributed by atoms with van der Waals surface area (Å²) in [6, 6.07) is 12.8. The first kappa shape index (κ1) is 14.7. The van der Waals surface area contributed by atoms with Gasteiger partial charge >= 0.3 is 0 Å².